The van der Waals surface area contributed by atoms with Gasteiger partial charge in [-0.2, -0.15) is 0 Å². The summed E-state index contributed by atoms with van der Waals surface area (Å²) in [6.45, 7) is 12.8. The van der Waals surface area contributed by atoms with Crippen LogP contribution in [0.4, 0.5) is 11.4 Å². The van der Waals surface area contributed by atoms with Crippen molar-refractivity contribution in [3.63, 3.8) is 0 Å². The first-order valence-corrected chi connectivity index (χ1v) is 11.9. The van der Waals surface area contributed by atoms with E-state index in [1.165, 1.54) is 27.8 Å². The van der Waals surface area contributed by atoms with Gasteiger partial charge in [-0.15, -0.1) is 0 Å². The first kappa shape index (κ1) is 23.3. The molecule has 0 heterocycles. The first-order valence-electron chi connectivity index (χ1n) is 11.9. The van der Waals surface area contributed by atoms with Gasteiger partial charge < -0.3 is 4.90 Å². The number of hydrogen-bond donors (Lipinski definition) is 0. The van der Waals surface area contributed by atoms with Crippen LogP contribution < -0.4 is 4.90 Å². The van der Waals surface area contributed by atoms with E-state index < -0.39 is 0 Å². The molecule has 0 saturated heterocycles. The lowest BCUT2D eigenvalue weighted by molar-refractivity contribution is 0.590. The molecule has 0 amide bonds. The van der Waals surface area contributed by atoms with Gasteiger partial charge in [0.1, 0.15) is 0 Å². The number of hydrogen-bond acceptors (Lipinski definition) is 1. The van der Waals surface area contributed by atoms with Crippen LogP contribution in [0.1, 0.15) is 33.3 Å². The second-order valence-electron chi connectivity index (χ2n) is 9.54. The molecule has 0 unspecified atom stereocenters. The van der Waals surface area contributed by atoms with Crippen LogP contribution in [0, 0.1) is 0 Å². The van der Waals surface area contributed by atoms with Crippen molar-refractivity contribution in [3.8, 4) is 22.3 Å². The molecule has 0 aliphatic rings. The molecule has 0 N–H and O–H groups in total. The summed E-state index contributed by atoms with van der Waals surface area (Å²) in [5.74, 6) is 0. The molecule has 0 aliphatic heterocycles. The van der Waals surface area contributed by atoms with Gasteiger partial charge >= 0.3 is 0 Å². The highest BCUT2D eigenvalue weighted by Gasteiger charge is 2.15. The Balaban J connectivity index is 1.65. The maximum atomic E-state index is 4.05. The molecule has 0 aromatic heterocycles. The fourth-order valence-electron chi connectivity index (χ4n) is 4.18. The molecule has 0 fully saturated rings. The maximum Gasteiger partial charge on any atom is 0.0461 e. The molecular weight excluding hydrogens is 410 g/mol. The standard InChI is InChI=1S/C33H33N/c1-6-30(7-2)34(31-21-15-27(16-22-31)25-11-9-8-10-12-25)32-23-17-28(18-24-32)26-13-19-29(20-14-26)33(3,4)5/h6-24H,1H2,2-5H3/b30-7+. The average molecular weight is 444 g/mol. The van der Waals surface area contributed by atoms with E-state index in [9.17, 15) is 0 Å². The van der Waals surface area contributed by atoms with Gasteiger partial charge in [-0.1, -0.05) is 112 Å². The van der Waals surface area contributed by atoms with Crippen molar-refractivity contribution in [2.45, 2.75) is 33.1 Å². The molecule has 0 radical (unpaired) electrons. The Kier molecular flexibility index (Phi) is 6.84. The van der Waals surface area contributed by atoms with Crippen LogP contribution in [0.5, 0.6) is 0 Å². The van der Waals surface area contributed by atoms with E-state index in [0.717, 1.165) is 17.1 Å². The Morgan fingerprint density at radius 3 is 1.41 bits per heavy atom. The zero-order valence-corrected chi connectivity index (χ0v) is 20.6. The third kappa shape index (κ3) is 5.05. The monoisotopic (exact) mass is 443 g/mol. The largest absolute Gasteiger partial charge is 0.311 e. The summed E-state index contributed by atoms with van der Waals surface area (Å²) in [6.07, 6.45) is 4.00. The van der Waals surface area contributed by atoms with Crippen LogP contribution >= 0.6 is 0 Å². The molecule has 4 aromatic rings. The van der Waals surface area contributed by atoms with Gasteiger partial charge in [-0.3, -0.25) is 0 Å². The Labute approximate surface area is 204 Å². The van der Waals surface area contributed by atoms with Crippen LogP contribution in [-0.2, 0) is 5.41 Å². The highest BCUT2D eigenvalue weighted by Crippen LogP contribution is 2.34. The molecule has 4 aromatic carbocycles. The van der Waals surface area contributed by atoms with E-state index in [1.54, 1.807) is 0 Å². The van der Waals surface area contributed by atoms with E-state index in [1.807, 2.05) is 19.1 Å². The minimum Gasteiger partial charge on any atom is -0.311 e. The number of anilines is 2. The van der Waals surface area contributed by atoms with Gasteiger partial charge in [-0.05, 0) is 70.5 Å². The van der Waals surface area contributed by atoms with Crippen LogP contribution in [0.3, 0.4) is 0 Å². The van der Waals surface area contributed by atoms with Crippen molar-refractivity contribution in [1.82, 2.24) is 0 Å². The van der Waals surface area contributed by atoms with E-state index in [0.29, 0.717) is 0 Å². The predicted octanol–water partition coefficient (Wildman–Crippen LogP) is 9.55. The predicted molar refractivity (Wildman–Crippen MR) is 149 cm³/mol. The molecule has 34 heavy (non-hydrogen) atoms. The van der Waals surface area contributed by atoms with Gasteiger partial charge in [0, 0.05) is 17.1 Å². The smallest absolute Gasteiger partial charge is 0.0461 e. The highest BCUT2D eigenvalue weighted by atomic mass is 15.1. The van der Waals surface area contributed by atoms with Crippen LogP contribution in [-0.4, -0.2) is 0 Å². The van der Waals surface area contributed by atoms with Crippen LogP contribution in [0.2, 0.25) is 0 Å². The average Bonchev–Trinajstić information content (AvgIpc) is 2.88. The quantitative estimate of drug-likeness (QED) is 0.268. The normalized spacial score (nSPS) is 11.8. The summed E-state index contributed by atoms with van der Waals surface area (Å²) < 4.78 is 0. The van der Waals surface area contributed by atoms with Gasteiger partial charge in [0.25, 0.3) is 0 Å². The minimum absolute atomic E-state index is 0.159. The zero-order valence-electron chi connectivity index (χ0n) is 20.6. The van der Waals surface area contributed by atoms with E-state index in [-0.39, 0.29) is 5.41 Å². The summed E-state index contributed by atoms with van der Waals surface area (Å²) in [4.78, 5) is 2.24. The number of allylic oxidation sites excluding steroid dienone is 2. The molecule has 0 spiro atoms. The van der Waals surface area contributed by atoms with E-state index in [4.69, 9.17) is 0 Å². The van der Waals surface area contributed by atoms with Gasteiger partial charge in [0.05, 0.1) is 0 Å². The molecule has 0 bridgehead atoms. The Morgan fingerprint density at radius 1 is 0.618 bits per heavy atom. The third-order valence-electron chi connectivity index (χ3n) is 6.21. The molecule has 4 rings (SSSR count). The van der Waals surface area contributed by atoms with Crippen molar-refractivity contribution in [3.05, 3.63) is 133 Å². The summed E-state index contributed by atoms with van der Waals surface area (Å²) in [7, 11) is 0. The lowest BCUT2D eigenvalue weighted by atomic mass is 9.86. The van der Waals surface area contributed by atoms with Crippen LogP contribution in [0.15, 0.2) is 128 Å². The van der Waals surface area contributed by atoms with Crippen LogP contribution in [0.25, 0.3) is 22.3 Å². The Hall–Kier alpha value is -3.84. The molecule has 0 atom stereocenters. The number of rotatable bonds is 6. The summed E-state index contributed by atoms with van der Waals surface area (Å²) in [5.41, 5.74) is 9.64. The summed E-state index contributed by atoms with van der Waals surface area (Å²) in [5, 5.41) is 0. The SMILES string of the molecule is C=C/C(=C\C)N(c1ccc(-c2ccccc2)cc1)c1ccc(-c2ccc(C(C)(C)C)cc2)cc1. The topological polar surface area (TPSA) is 3.24 Å². The molecule has 0 aliphatic carbocycles. The number of nitrogens with zero attached hydrogens (tertiary/aromatic N) is 1. The van der Waals surface area contributed by atoms with E-state index in [2.05, 4.69) is 135 Å². The molecule has 1 nitrogen and oxygen atoms in total. The fourth-order valence-corrected chi connectivity index (χ4v) is 4.18. The first-order chi connectivity index (χ1) is 16.4. The van der Waals surface area contributed by atoms with Gasteiger partial charge in [0.15, 0.2) is 0 Å². The van der Waals surface area contributed by atoms with Gasteiger partial charge in [-0.25, -0.2) is 0 Å². The second kappa shape index (κ2) is 9.97. The Bertz CT molecular complexity index is 1250. The van der Waals surface area contributed by atoms with Crippen molar-refractivity contribution < 1.29 is 0 Å². The lowest BCUT2D eigenvalue weighted by Crippen LogP contribution is -2.14. The van der Waals surface area contributed by atoms with Crippen molar-refractivity contribution in [2.75, 3.05) is 4.90 Å². The molecular formula is C33H33N. The highest BCUT2D eigenvalue weighted by molar-refractivity contribution is 5.75. The molecule has 1 heteroatoms. The number of benzene rings is 4. The summed E-state index contributed by atoms with van der Waals surface area (Å²) in [6, 6.07) is 36.9. The Morgan fingerprint density at radius 2 is 1.03 bits per heavy atom. The van der Waals surface area contributed by atoms with Gasteiger partial charge in [0.2, 0.25) is 0 Å². The van der Waals surface area contributed by atoms with Crippen molar-refractivity contribution in [2.24, 2.45) is 0 Å². The zero-order chi connectivity index (χ0) is 24.1. The summed E-state index contributed by atoms with van der Waals surface area (Å²) >= 11 is 0. The second-order valence-corrected chi connectivity index (χ2v) is 9.54. The third-order valence-corrected chi connectivity index (χ3v) is 6.21. The van der Waals surface area contributed by atoms with E-state index >= 15 is 0 Å². The fraction of sp³-hybridized carbons (Fsp3) is 0.152. The van der Waals surface area contributed by atoms with Crippen molar-refractivity contribution in [1.29, 1.82) is 0 Å². The molecule has 170 valence electrons. The van der Waals surface area contributed by atoms with Crippen molar-refractivity contribution >= 4 is 11.4 Å². The minimum atomic E-state index is 0.159. The molecule has 0 saturated carbocycles. The lowest BCUT2D eigenvalue weighted by Gasteiger charge is -2.26. The maximum absolute atomic E-state index is 4.05.